The Kier molecular flexibility index (Phi) is 5.72. The van der Waals surface area contributed by atoms with E-state index in [2.05, 4.69) is 39.1 Å². The first kappa shape index (κ1) is 24.8. The predicted octanol–water partition coefficient (Wildman–Crippen LogP) is 4.41. The lowest BCUT2D eigenvalue weighted by atomic mass is 9.72. The number of ether oxygens (including phenoxy) is 1. The third-order valence-corrected chi connectivity index (χ3v) is 9.60. The van der Waals surface area contributed by atoms with Crippen molar-refractivity contribution < 1.29 is 22.7 Å². The first-order chi connectivity index (χ1) is 16.8. The molecule has 0 spiro atoms. The predicted molar refractivity (Wildman–Crippen MR) is 139 cm³/mol. The van der Waals surface area contributed by atoms with Crippen LogP contribution in [0.3, 0.4) is 0 Å². The molecule has 192 valence electrons. The molecule has 2 aromatic rings. The van der Waals surface area contributed by atoms with Crippen molar-refractivity contribution in [1.29, 1.82) is 0 Å². The van der Waals surface area contributed by atoms with Gasteiger partial charge in [0.15, 0.2) is 5.78 Å². The smallest absolute Gasteiger partial charge is 0.414 e. The van der Waals surface area contributed by atoms with Gasteiger partial charge in [-0.15, -0.1) is 0 Å². The van der Waals surface area contributed by atoms with E-state index in [1.165, 1.54) is 0 Å². The number of nitrogens with one attached hydrogen (secondary N) is 1. The van der Waals surface area contributed by atoms with Gasteiger partial charge in [-0.2, -0.15) is 0 Å². The maximum atomic E-state index is 13.1. The average molecular weight is 512 g/mol. The highest BCUT2D eigenvalue weighted by Crippen LogP contribution is 2.48. The number of anilines is 2. The Hall–Kier alpha value is -2.91. The number of carbonyl (C=O) groups is 2. The molecule has 2 heterocycles. The van der Waals surface area contributed by atoms with E-state index < -0.39 is 20.6 Å². The number of benzene rings is 2. The zero-order valence-electron chi connectivity index (χ0n) is 21.1. The van der Waals surface area contributed by atoms with Crippen molar-refractivity contribution in [2.75, 3.05) is 16.8 Å². The van der Waals surface area contributed by atoms with Gasteiger partial charge in [0, 0.05) is 16.9 Å². The van der Waals surface area contributed by atoms with Crippen molar-refractivity contribution in [1.82, 2.24) is 0 Å². The standard InChI is InChI=1S/C27H33N3O5S/c1-16(2)22-15-35-25(32)30(22)20-7-5-6-17(13-20)23-26(3,4)14-19-12-18(8-9-21(19)29-23)24(31)27(10-11-27)36(28,33)34/h5-9,12-13,16,22-23,29H,10-11,14-15H2,1-4H3,(H2,28,33,34)/t22-,23?/m0/s1. The Labute approximate surface area is 212 Å². The van der Waals surface area contributed by atoms with Crippen LogP contribution < -0.4 is 15.4 Å². The molecule has 8 nitrogen and oxygen atoms in total. The Bertz CT molecular complexity index is 1350. The highest BCUT2D eigenvalue weighted by molar-refractivity contribution is 7.91. The molecule has 1 saturated heterocycles. The van der Waals surface area contributed by atoms with Crippen LogP contribution >= 0.6 is 0 Å². The van der Waals surface area contributed by atoms with Gasteiger partial charge in [-0.1, -0.05) is 39.8 Å². The number of nitrogens with two attached hydrogens (primary N) is 1. The molecular formula is C27H33N3O5S. The van der Waals surface area contributed by atoms with Gasteiger partial charge in [-0.25, -0.2) is 18.4 Å². The number of hydrogen-bond acceptors (Lipinski definition) is 6. The van der Waals surface area contributed by atoms with Gasteiger partial charge in [0.25, 0.3) is 0 Å². The zero-order valence-corrected chi connectivity index (χ0v) is 21.9. The fraction of sp³-hybridized carbons (Fsp3) is 0.481. The molecule has 1 saturated carbocycles. The minimum atomic E-state index is -3.95. The van der Waals surface area contributed by atoms with Gasteiger partial charge in [-0.3, -0.25) is 9.69 Å². The number of nitrogens with zero attached hydrogens (tertiary/aromatic N) is 1. The zero-order chi connectivity index (χ0) is 26.0. The second-order valence-corrected chi connectivity index (χ2v) is 13.2. The van der Waals surface area contributed by atoms with E-state index in [0.717, 1.165) is 22.5 Å². The van der Waals surface area contributed by atoms with Crippen molar-refractivity contribution >= 4 is 33.3 Å². The molecule has 3 N–H and O–H groups in total. The minimum absolute atomic E-state index is 0.0103. The van der Waals surface area contributed by atoms with Gasteiger partial charge in [0.05, 0.1) is 12.1 Å². The molecule has 1 aliphatic carbocycles. The lowest BCUT2D eigenvalue weighted by Gasteiger charge is -2.41. The molecule has 2 fully saturated rings. The van der Waals surface area contributed by atoms with Crippen LogP contribution in [0.5, 0.6) is 0 Å². The number of rotatable bonds is 6. The molecule has 2 aliphatic heterocycles. The Balaban J connectivity index is 1.44. The summed E-state index contributed by atoms with van der Waals surface area (Å²) in [4.78, 5) is 27.3. The molecule has 1 unspecified atom stereocenters. The largest absolute Gasteiger partial charge is 0.447 e. The minimum Gasteiger partial charge on any atom is -0.447 e. The van der Waals surface area contributed by atoms with E-state index in [1.807, 2.05) is 24.3 Å². The first-order valence-electron chi connectivity index (χ1n) is 12.4. The molecule has 1 amide bonds. The molecular weight excluding hydrogens is 478 g/mol. The Morgan fingerprint density at radius 2 is 1.89 bits per heavy atom. The summed E-state index contributed by atoms with van der Waals surface area (Å²) >= 11 is 0. The number of sulfonamides is 1. The van der Waals surface area contributed by atoms with Crippen LogP contribution in [0.15, 0.2) is 42.5 Å². The second-order valence-electron chi connectivity index (χ2n) is 11.3. The third-order valence-electron chi connectivity index (χ3n) is 7.91. The van der Waals surface area contributed by atoms with Gasteiger partial charge >= 0.3 is 6.09 Å². The quantitative estimate of drug-likeness (QED) is 0.555. The van der Waals surface area contributed by atoms with Gasteiger partial charge < -0.3 is 10.1 Å². The molecule has 5 rings (SSSR count). The van der Waals surface area contributed by atoms with Crippen LogP contribution in [0.4, 0.5) is 16.2 Å². The van der Waals surface area contributed by atoms with Gasteiger partial charge in [0.2, 0.25) is 10.0 Å². The van der Waals surface area contributed by atoms with Crippen LogP contribution in [0.1, 0.15) is 68.1 Å². The maximum Gasteiger partial charge on any atom is 0.414 e. The third kappa shape index (κ3) is 3.98. The van der Waals surface area contributed by atoms with E-state index in [1.54, 1.807) is 17.0 Å². The van der Waals surface area contributed by atoms with Crippen LogP contribution in [0.25, 0.3) is 0 Å². The molecule has 0 bridgehead atoms. The molecule has 2 atom stereocenters. The lowest BCUT2D eigenvalue weighted by Crippen LogP contribution is -2.39. The summed E-state index contributed by atoms with van der Waals surface area (Å²) in [6.07, 6.45) is 0.906. The Morgan fingerprint density at radius 3 is 2.53 bits per heavy atom. The first-order valence-corrected chi connectivity index (χ1v) is 13.9. The second kappa shape index (κ2) is 8.31. The summed E-state index contributed by atoms with van der Waals surface area (Å²) in [5.41, 5.74) is 3.89. The SMILES string of the molecule is CC(C)[C@@H]1COC(=O)N1c1cccc(C2Nc3ccc(C(=O)C4(S(N)(=O)=O)CC4)cc3CC2(C)C)c1. The number of cyclic esters (lactones) is 1. The molecule has 36 heavy (non-hydrogen) atoms. The molecule has 3 aliphatic rings. The van der Waals surface area contributed by atoms with E-state index in [0.29, 0.717) is 18.6 Å². The molecule has 0 radical (unpaired) electrons. The highest BCUT2D eigenvalue weighted by Gasteiger charge is 2.59. The van der Waals surface area contributed by atoms with E-state index in [9.17, 15) is 18.0 Å². The van der Waals surface area contributed by atoms with Crippen molar-refractivity contribution in [3.05, 3.63) is 59.2 Å². The average Bonchev–Trinajstić information content (AvgIpc) is 3.54. The maximum absolute atomic E-state index is 13.1. The van der Waals surface area contributed by atoms with Gasteiger partial charge in [-0.05, 0) is 72.1 Å². The Morgan fingerprint density at radius 1 is 1.17 bits per heavy atom. The van der Waals surface area contributed by atoms with Crippen molar-refractivity contribution in [3.8, 4) is 0 Å². The number of primary sulfonamides is 1. The number of Topliss-reactive ketones (excluding diaryl/α,β-unsaturated/α-hetero) is 1. The van der Waals surface area contributed by atoms with Crippen LogP contribution in [-0.2, 0) is 21.2 Å². The van der Waals surface area contributed by atoms with Crippen LogP contribution in [0, 0.1) is 11.3 Å². The summed E-state index contributed by atoms with van der Waals surface area (Å²) in [5, 5.41) is 9.00. The van der Waals surface area contributed by atoms with Crippen LogP contribution in [-0.4, -0.2) is 37.7 Å². The number of hydrogen-bond donors (Lipinski definition) is 2. The van der Waals surface area contributed by atoms with E-state index in [-0.39, 0.29) is 42.4 Å². The lowest BCUT2D eigenvalue weighted by molar-refractivity contribution is 0.0978. The van der Waals surface area contributed by atoms with Gasteiger partial charge in [0.1, 0.15) is 11.4 Å². The number of ketones is 1. The monoisotopic (exact) mass is 511 g/mol. The fourth-order valence-corrected chi connectivity index (χ4v) is 6.64. The van der Waals surface area contributed by atoms with Crippen molar-refractivity contribution in [3.63, 3.8) is 0 Å². The number of carbonyl (C=O) groups excluding carboxylic acids is 2. The summed E-state index contributed by atoms with van der Waals surface area (Å²) in [6, 6.07) is 13.3. The molecule has 9 heteroatoms. The highest BCUT2D eigenvalue weighted by atomic mass is 32.2. The summed E-state index contributed by atoms with van der Waals surface area (Å²) in [6.45, 7) is 8.86. The number of amides is 1. The van der Waals surface area contributed by atoms with Crippen molar-refractivity contribution in [2.24, 2.45) is 16.5 Å². The normalized spacial score (nSPS) is 24.2. The molecule has 0 aromatic heterocycles. The summed E-state index contributed by atoms with van der Waals surface area (Å²) < 4.78 is 27.9. The number of fused-ring (bicyclic) bond motifs is 1. The van der Waals surface area contributed by atoms with Crippen molar-refractivity contribution in [2.45, 2.75) is 63.8 Å². The topological polar surface area (TPSA) is 119 Å². The van der Waals surface area contributed by atoms with Crippen LogP contribution in [0.2, 0.25) is 0 Å². The molecule has 2 aromatic carbocycles. The summed E-state index contributed by atoms with van der Waals surface area (Å²) in [7, 11) is -3.95. The van der Waals surface area contributed by atoms with E-state index >= 15 is 0 Å². The summed E-state index contributed by atoms with van der Waals surface area (Å²) in [5.74, 6) is -0.158. The van der Waals surface area contributed by atoms with E-state index in [4.69, 9.17) is 9.88 Å². The fourth-order valence-electron chi connectivity index (χ4n) is 5.60.